The molecule has 0 aromatic heterocycles. The van der Waals surface area contributed by atoms with Crippen molar-refractivity contribution in [3.05, 3.63) is 47.5 Å². The molecule has 3 rings (SSSR count). The third-order valence-corrected chi connectivity index (χ3v) is 8.00. The van der Waals surface area contributed by atoms with Crippen molar-refractivity contribution in [3.63, 3.8) is 0 Å². The standard InChI is InChI=1S/C29H43N/c1-2-3-7-24-15-19-28(20-16-24)29-21-17-27(18-22-29)14-13-26-11-9-25(10-12-26)8-5-4-6-23-30/h4,6,15-16,19-20,25-27,29H,2-3,5,7-14,17-18,21-22H2,1H3/b6-4+. The zero-order valence-electron chi connectivity index (χ0n) is 19.3. The molecule has 2 saturated carbocycles. The van der Waals surface area contributed by atoms with E-state index in [-0.39, 0.29) is 0 Å². The summed E-state index contributed by atoms with van der Waals surface area (Å²) in [6.45, 7) is 2.27. The first-order valence-corrected chi connectivity index (χ1v) is 12.9. The van der Waals surface area contributed by atoms with Crippen LogP contribution in [0.5, 0.6) is 0 Å². The van der Waals surface area contributed by atoms with Crippen LogP contribution in [-0.4, -0.2) is 0 Å². The highest BCUT2D eigenvalue weighted by Crippen LogP contribution is 2.40. The van der Waals surface area contributed by atoms with Gasteiger partial charge in [0.2, 0.25) is 0 Å². The highest BCUT2D eigenvalue weighted by atomic mass is 14.3. The Kier molecular flexibility index (Phi) is 10.0. The fourth-order valence-corrected chi connectivity index (χ4v) is 5.87. The molecule has 164 valence electrons. The number of benzene rings is 1. The number of hydrogen-bond acceptors (Lipinski definition) is 1. The van der Waals surface area contributed by atoms with E-state index in [1.54, 1.807) is 11.6 Å². The van der Waals surface area contributed by atoms with Gasteiger partial charge in [-0.15, -0.1) is 0 Å². The van der Waals surface area contributed by atoms with Crippen molar-refractivity contribution in [2.75, 3.05) is 0 Å². The zero-order chi connectivity index (χ0) is 21.0. The molecule has 2 fully saturated rings. The number of allylic oxidation sites excluding steroid dienone is 2. The number of unbranched alkanes of at least 4 members (excludes halogenated alkanes) is 1. The van der Waals surface area contributed by atoms with Crippen LogP contribution < -0.4 is 0 Å². The average Bonchev–Trinajstić information content (AvgIpc) is 2.81. The van der Waals surface area contributed by atoms with Gasteiger partial charge in [0.1, 0.15) is 0 Å². The van der Waals surface area contributed by atoms with Gasteiger partial charge in [-0.1, -0.05) is 82.2 Å². The van der Waals surface area contributed by atoms with Gasteiger partial charge in [0, 0.05) is 6.08 Å². The van der Waals surface area contributed by atoms with Crippen LogP contribution in [0.25, 0.3) is 0 Å². The Labute approximate surface area is 186 Å². The molecule has 0 unspecified atom stereocenters. The molecule has 0 aliphatic heterocycles. The van der Waals surface area contributed by atoms with Gasteiger partial charge < -0.3 is 0 Å². The Morgan fingerprint density at radius 1 is 0.833 bits per heavy atom. The van der Waals surface area contributed by atoms with E-state index in [0.717, 1.165) is 30.1 Å². The highest BCUT2D eigenvalue weighted by Gasteiger charge is 2.25. The third kappa shape index (κ3) is 7.61. The minimum absolute atomic E-state index is 0.812. The van der Waals surface area contributed by atoms with Gasteiger partial charge in [-0.3, -0.25) is 0 Å². The van der Waals surface area contributed by atoms with E-state index < -0.39 is 0 Å². The number of nitriles is 1. The zero-order valence-corrected chi connectivity index (χ0v) is 19.3. The van der Waals surface area contributed by atoms with Crippen molar-refractivity contribution >= 4 is 0 Å². The van der Waals surface area contributed by atoms with Gasteiger partial charge in [-0.2, -0.15) is 5.26 Å². The summed E-state index contributed by atoms with van der Waals surface area (Å²) >= 11 is 0. The van der Waals surface area contributed by atoms with E-state index >= 15 is 0 Å². The lowest BCUT2D eigenvalue weighted by Gasteiger charge is -2.32. The van der Waals surface area contributed by atoms with E-state index in [0.29, 0.717) is 0 Å². The molecule has 2 aliphatic rings. The molecule has 0 N–H and O–H groups in total. The van der Waals surface area contributed by atoms with E-state index in [4.69, 9.17) is 5.26 Å². The van der Waals surface area contributed by atoms with Gasteiger partial charge in [-0.05, 0) is 86.2 Å². The normalized spacial score (nSPS) is 27.2. The van der Waals surface area contributed by atoms with Crippen LogP contribution in [0, 0.1) is 29.1 Å². The molecule has 0 amide bonds. The predicted octanol–water partition coefficient (Wildman–Crippen LogP) is 8.75. The van der Waals surface area contributed by atoms with Crippen LogP contribution >= 0.6 is 0 Å². The molecular formula is C29H43N. The molecule has 0 spiro atoms. The molecule has 1 heteroatoms. The van der Waals surface area contributed by atoms with Gasteiger partial charge >= 0.3 is 0 Å². The van der Waals surface area contributed by atoms with E-state index in [2.05, 4.69) is 37.3 Å². The molecule has 1 aromatic carbocycles. The van der Waals surface area contributed by atoms with Crippen molar-refractivity contribution < 1.29 is 0 Å². The molecule has 1 aromatic rings. The Balaban J connectivity index is 1.30. The van der Waals surface area contributed by atoms with Gasteiger partial charge in [0.15, 0.2) is 0 Å². The second-order valence-corrected chi connectivity index (χ2v) is 10.1. The van der Waals surface area contributed by atoms with Crippen LogP contribution in [0.15, 0.2) is 36.4 Å². The van der Waals surface area contributed by atoms with Crippen molar-refractivity contribution in [1.82, 2.24) is 0 Å². The van der Waals surface area contributed by atoms with Crippen LogP contribution in [0.4, 0.5) is 0 Å². The minimum Gasteiger partial charge on any atom is -0.193 e. The van der Waals surface area contributed by atoms with Crippen molar-refractivity contribution in [3.8, 4) is 6.07 Å². The SMILES string of the molecule is CCCCc1ccc(C2CCC(CCC3CCC(CC/C=C/C#N)CC3)CC2)cc1. The summed E-state index contributed by atoms with van der Waals surface area (Å²) in [4.78, 5) is 0. The number of nitrogens with zero attached hydrogens (tertiary/aromatic N) is 1. The first-order valence-electron chi connectivity index (χ1n) is 12.9. The largest absolute Gasteiger partial charge is 0.193 e. The first-order chi connectivity index (χ1) is 14.8. The van der Waals surface area contributed by atoms with E-state index in [1.165, 1.54) is 95.5 Å². The summed E-state index contributed by atoms with van der Waals surface area (Å²) < 4.78 is 0. The quantitative estimate of drug-likeness (QED) is 0.357. The number of rotatable bonds is 10. The molecule has 0 atom stereocenters. The summed E-state index contributed by atoms with van der Waals surface area (Å²) in [6, 6.07) is 11.7. The van der Waals surface area contributed by atoms with Gasteiger partial charge in [-0.25, -0.2) is 0 Å². The Morgan fingerprint density at radius 2 is 1.40 bits per heavy atom. The summed E-state index contributed by atoms with van der Waals surface area (Å²) in [5.41, 5.74) is 3.11. The Bertz CT molecular complexity index is 649. The summed E-state index contributed by atoms with van der Waals surface area (Å²) in [5.74, 6) is 3.70. The Morgan fingerprint density at radius 3 is 1.97 bits per heavy atom. The van der Waals surface area contributed by atoms with Crippen LogP contribution in [0.2, 0.25) is 0 Å². The monoisotopic (exact) mass is 405 g/mol. The number of hydrogen-bond donors (Lipinski definition) is 0. The lowest BCUT2D eigenvalue weighted by atomic mass is 9.74. The molecule has 1 nitrogen and oxygen atoms in total. The molecule has 0 radical (unpaired) electrons. The molecule has 0 heterocycles. The number of aryl methyl sites for hydroxylation is 1. The van der Waals surface area contributed by atoms with Crippen molar-refractivity contribution in [2.45, 2.75) is 109 Å². The van der Waals surface area contributed by atoms with Gasteiger partial charge in [0.25, 0.3) is 0 Å². The van der Waals surface area contributed by atoms with E-state index in [1.807, 2.05) is 6.08 Å². The lowest BCUT2D eigenvalue weighted by Crippen LogP contribution is -2.17. The lowest BCUT2D eigenvalue weighted by molar-refractivity contribution is 0.225. The second-order valence-electron chi connectivity index (χ2n) is 10.1. The van der Waals surface area contributed by atoms with Crippen LogP contribution in [0.1, 0.15) is 114 Å². The van der Waals surface area contributed by atoms with E-state index in [9.17, 15) is 0 Å². The fraction of sp³-hybridized carbons (Fsp3) is 0.690. The highest BCUT2D eigenvalue weighted by molar-refractivity contribution is 5.26. The fourth-order valence-electron chi connectivity index (χ4n) is 5.87. The maximum Gasteiger partial charge on any atom is 0.0908 e. The van der Waals surface area contributed by atoms with Crippen molar-refractivity contribution in [2.24, 2.45) is 17.8 Å². The third-order valence-electron chi connectivity index (χ3n) is 8.00. The molecular weight excluding hydrogens is 362 g/mol. The molecule has 0 bridgehead atoms. The smallest absolute Gasteiger partial charge is 0.0908 e. The average molecular weight is 406 g/mol. The summed E-state index contributed by atoms with van der Waals surface area (Å²) in [7, 11) is 0. The maximum absolute atomic E-state index is 8.58. The second kappa shape index (κ2) is 13.0. The van der Waals surface area contributed by atoms with Crippen LogP contribution in [0.3, 0.4) is 0 Å². The molecule has 30 heavy (non-hydrogen) atoms. The molecule has 0 saturated heterocycles. The van der Waals surface area contributed by atoms with Crippen LogP contribution in [-0.2, 0) is 6.42 Å². The first kappa shape index (κ1) is 23.1. The van der Waals surface area contributed by atoms with Crippen molar-refractivity contribution in [1.29, 1.82) is 5.26 Å². The summed E-state index contributed by atoms with van der Waals surface area (Å²) in [5, 5.41) is 8.58. The summed E-state index contributed by atoms with van der Waals surface area (Å²) in [6.07, 6.45) is 24.3. The molecule has 2 aliphatic carbocycles. The Hall–Kier alpha value is -1.55. The van der Waals surface area contributed by atoms with Gasteiger partial charge in [0.05, 0.1) is 6.07 Å². The minimum atomic E-state index is 0.812. The predicted molar refractivity (Wildman–Crippen MR) is 128 cm³/mol. The maximum atomic E-state index is 8.58. The topological polar surface area (TPSA) is 23.8 Å².